The monoisotopic (exact) mass is 389 g/mol. The number of nitrogens with zero attached hydrogens (tertiary/aromatic N) is 2. The Hall–Kier alpha value is -2.80. The zero-order valence-corrected chi connectivity index (χ0v) is 15.4. The quantitative estimate of drug-likeness (QED) is 0.589. The van der Waals surface area contributed by atoms with Gasteiger partial charge in [0.25, 0.3) is 5.91 Å². The van der Waals surface area contributed by atoms with Gasteiger partial charge in [0.2, 0.25) is 0 Å². The Morgan fingerprint density at radius 1 is 1.19 bits per heavy atom. The molecule has 1 amide bonds. The van der Waals surface area contributed by atoms with Gasteiger partial charge in [0.1, 0.15) is 0 Å². The molecule has 1 aliphatic heterocycles. The Bertz CT molecular complexity index is 837. The maximum atomic E-state index is 12.1. The number of halogens is 1. The molecule has 0 spiro atoms. The van der Waals surface area contributed by atoms with Gasteiger partial charge in [-0.15, -0.1) is 0 Å². The summed E-state index contributed by atoms with van der Waals surface area (Å²) in [6.07, 6.45) is 3.54. The maximum Gasteiger partial charge on any atom is 0.310 e. The zero-order chi connectivity index (χ0) is 19.2. The topological polar surface area (TPSA) is 84.7 Å². The smallest absolute Gasteiger partial charge is 0.310 e. The third-order valence-electron chi connectivity index (χ3n) is 4.35. The number of anilines is 2. The molecule has 27 heavy (non-hydrogen) atoms. The number of rotatable bonds is 6. The van der Waals surface area contributed by atoms with Crippen molar-refractivity contribution in [2.75, 3.05) is 29.9 Å². The van der Waals surface area contributed by atoms with Gasteiger partial charge in [-0.1, -0.05) is 23.7 Å². The Morgan fingerprint density at radius 3 is 2.63 bits per heavy atom. The third-order valence-corrected chi connectivity index (χ3v) is 4.65. The number of piperidine rings is 1. The van der Waals surface area contributed by atoms with Crippen LogP contribution in [-0.2, 0) is 4.79 Å². The molecule has 0 radical (unpaired) electrons. The molecule has 1 N–H and O–H groups in total. The zero-order valence-electron chi connectivity index (χ0n) is 14.7. The molecule has 2 aromatic carbocycles. The Balaban J connectivity index is 1.59. The predicted octanol–water partition coefficient (Wildman–Crippen LogP) is 4.26. The second kappa shape index (κ2) is 8.73. The van der Waals surface area contributed by atoms with Crippen LogP contribution in [0.4, 0.5) is 17.1 Å². The van der Waals surface area contributed by atoms with Crippen LogP contribution in [0, 0.1) is 10.1 Å². The van der Waals surface area contributed by atoms with Crippen molar-refractivity contribution in [1.82, 2.24) is 0 Å². The van der Waals surface area contributed by atoms with Crippen LogP contribution >= 0.6 is 11.6 Å². The molecule has 1 saturated heterocycles. The lowest BCUT2D eigenvalue weighted by Gasteiger charge is -2.29. The fourth-order valence-electron chi connectivity index (χ4n) is 3.05. The summed E-state index contributed by atoms with van der Waals surface area (Å²) in [6.45, 7) is 1.63. The fourth-order valence-corrected chi connectivity index (χ4v) is 3.35. The van der Waals surface area contributed by atoms with Gasteiger partial charge in [-0.2, -0.15) is 0 Å². The summed E-state index contributed by atoms with van der Waals surface area (Å²) >= 11 is 6.38. The van der Waals surface area contributed by atoms with Crippen LogP contribution in [0.15, 0.2) is 42.5 Å². The van der Waals surface area contributed by atoms with E-state index < -0.39 is 10.8 Å². The standard InChI is InChI=1S/C19H20ClN3O4/c20-15-12-14(8-9-16(15)22-10-4-1-5-11-22)21-19(24)13-27-18-7-3-2-6-17(18)23(25)26/h2-3,6-9,12H,1,4-5,10-11,13H2,(H,21,24). The normalized spacial score (nSPS) is 13.9. The molecule has 7 nitrogen and oxygen atoms in total. The van der Waals surface area contributed by atoms with Crippen LogP contribution < -0.4 is 15.0 Å². The van der Waals surface area contributed by atoms with E-state index in [0.717, 1.165) is 31.6 Å². The molecule has 0 unspecified atom stereocenters. The van der Waals surface area contributed by atoms with Crippen LogP contribution in [0.1, 0.15) is 19.3 Å². The predicted molar refractivity (Wildman–Crippen MR) is 105 cm³/mol. The first-order chi connectivity index (χ1) is 13.0. The average Bonchev–Trinajstić information content (AvgIpc) is 2.67. The van der Waals surface area contributed by atoms with Gasteiger partial charge in [0.05, 0.1) is 15.6 Å². The SMILES string of the molecule is O=C(COc1ccccc1[N+](=O)[O-])Nc1ccc(N2CCCCC2)c(Cl)c1. The van der Waals surface area contributed by atoms with Gasteiger partial charge >= 0.3 is 5.69 Å². The van der Waals surface area contributed by atoms with Gasteiger partial charge in [0, 0.05) is 24.8 Å². The maximum absolute atomic E-state index is 12.1. The minimum atomic E-state index is -0.549. The summed E-state index contributed by atoms with van der Waals surface area (Å²) in [5.74, 6) is -0.369. The summed E-state index contributed by atoms with van der Waals surface area (Å²) in [7, 11) is 0. The van der Waals surface area contributed by atoms with Gasteiger partial charge in [-0.3, -0.25) is 14.9 Å². The first-order valence-electron chi connectivity index (χ1n) is 8.75. The number of hydrogen-bond acceptors (Lipinski definition) is 5. The first-order valence-corrected chi connectivity index (χ1v) is 9.13. The summed E-state index contributed by atoms with van der Waals surface area (Å²) < 4.78 is 5.29. The molecule has 1 fully saturated rings. The van der Waals surface area contributed by atoms with Gasteiger partial charge in [-0.25, -0.2) is 0 Å². The van der Waals surface area contributed by atoms with Crippen molar-refractivity contribution in [3.63, 3.8) is 0 Å². The molecule has 2 aromatic rings. The molecular weight excluding hydrogens is 370 g/mol. The van der Waals surface area contributed by atoms with Crippen LogP contribution in [-0.4, -0.2) is 30.5 Å². The minimum Gasteiger partial charge on any atom is -0.477 e. The van der Waals surface area contributed by atoms with Crippen molar-refractivity contribution in [2.24, 2.45) is 0 Å². The van der Waals surface area contributed by atoms with Crippen molar-refractivity contribution in [3.8, 4) is 5.75 Å². The summed E-state index contributed by atoms with van der Waals surface area (Å²) in [5, 5.41) is 14.2. The van der Waals surface area contributed by atoms with Crippen molar-refractivity contribution in [2.45, 2.75) is 19.3 Å². The van der Waals surface area contributed by atoms with Crippen LogP contribution in [0.2, 0.25) is 5.02 Å². The molecule has 8 heteroatoms. The number of amides is 1. The Kier molecular flexibility index (Phi) is 6.13. The first kappa shape index (κ1) is 19.0. The van der Waals surface area contributed by atoms with Crippen LogP contribution in [0.25, 0.3) is 0 Å². The van der Waals surface area contributed by atoms with Crippen molar-refractivity contribution in [3.05, 3.63) is 57.6 Å². The van der Waals surface area contributed by atoms with Gasteiger partial charge in [0.15, 0.2) is 12.4 Å². The lowest BCUT2D eigenvalue weighted by Crippen LogP contribution is -2.29. The van der Waals surface area contributed by atoms with Gasteiger partial charge < -0.3 is 15.0 Å². The van der Waals surface area contributed by atoms with E-state index >= 15 is 0 Å². The molecule has 1 aliphatic rings. The number of nitrogens with one attached hydrogen (secondary N) is 1. The molecule has 0 atom stereocenters. The number of carbonyl (C=O) groups is 1. The summed E-state index contributed by atoms with van der Waals surface area (Å²) in [4.78, 5) is 24.8. The highest BCUT2D eigenvalue weighted by Gasteiger charge is 2.16. The van der Waals surface area contributed by atoms with Gasteiger partial charge in [-0.05, 0) is 43.5 Å². The molecule has 3 rings (SSSR count). The van der Waals surface area contributed by atoms with E-state index in [2.05, 4.69) is 10.2 Å². The highest BCUT2D eigenvalue weighted by molar-refractivity contribution is 6.33. The highest BCUT2D eigenvalue weighted by Crippen LogP contribution is 2.31. The molecular formula is C19H20ClN3O4. The molecule has 1 heterocycles. The number of carbonyl (C=O) groups excluding carboxylic acids is 1. The molecule has 142 valence electrons. The van der Waals surface area contributed by atoms with Crippen molar-refractivity contribution in [1.29, 1.82) is 0 Å². The Labute approximate surface area is 162 Å². The van der Waals surface area contributed by atoms with E-state index in [1.807, 2.05) is 6.07 Å². The summed E-state index contributed by atoms with van der Waals surface area (Å²) in [5.41, 5.74) is 1.33. The van der Waals surface area contributed by atoms with Crippen LogP contribution in [0.5, 0.6) is 5.75 Å². The number of hydrogen-bond donors (Lipinski definition) is 1. The average molecular weight is 390 g/mol. The second-order valence-corrected chi connectivity index (χ2v) is 6.68. The molecule has 0 aromatic heterocycles. The van der Waals surface area contributed by atoms with E-state index in [9.17, 15) is 14.9 Å². The van der Waals surface area contributed by atoms with Crippen molar-refractivity contribution < 1.29 is 14.5 Å². The minimum absolute atomic E-state index is 0.0520. The fraction of sp³-hybridized carbons (Fsp3) is 0.316. The lowest BCUT2D eigenvalue weighted by atomic mass is 10.1. The molecule has 0 aliphatic carbocycles. The lowest BCUT2D eigenvalue weighted by molar-refractivity contribution is -0.385. The summed E-state index contributed by atoms with van der Waals surface area (Å²) in [6, 6.07) is 11.3. The van der Waals surface area contributed by atoms with Crippen LogP contribution in [0.3, 0.4) is 0 Å². The van der Waals surface area contributed by atoms with Crippen molar-refractivity contribution >= 4 is 34.6 Å². The number of para-hydroxylation sites is 2. The van der Waals surface area contributed by atoms with E-state index in [1.165, 1.54) is 24.6 Å². The largest absolute Gasteiger partial charge is 0.477 e. The number of ether oxygens (including phenoxy) is 1. The van der Waals surface area contributed by atoms with E-state index in [1.54, 1.807) is 18.2 Å². The number of nitro groups is 1. The third kappa shape index (κ3) is 4.89. The second-order valence-electron chi connectivity index (χ2n) is 6.28. The Morgan fingerprint density at radius 2 is 1.93 bits per heavy atom. The highest BCUT2D eigenvalue weighted by atomic mass is 35.5. The van der Waals surface area contributed by atoms with E-state index in [-0.39, 0.29) is 18.0 Å². The van der Waals surface area contributed by atoms with E-state index in [4.69, 9.17) is 16.3 Å². The molecule has 0 bridgehead atoms. The number of benzene rings is 2. The number of nitro benzene ring substituents is 1. The molecule has 0 saturated carbocycles. The van der Waals surface area contributed by atoms with E-state index in [0.29, 0.717) is 10.7 Å².